The minimum absolute atomic E-state index is 0.539. The Kier molecular flexibility index (Phi) is 6.80. The number of thiocarbonyl (C=S) groups is 1. The van der Waals surface area contributed by atoms with Crippen LogP contribution in [0.15, 0.2) is 23.3 Å². The van der Waals surface area contributed by atoms with Crippen LogP contribution >= 0.6 is 12.2 Å². The van der Waals surface area contributed by atoms with E-state index in [9.17, 15) is 0 Å². The van der Waals surface area contributed by atoms with Gasteiger partial charge in [-0.2, -0.15) is 5.10 Å². The minimum atomic E-state index is 0.539. The van der Waals surface area contributed by atoms with Crippen molar-refractivity contribution in [1.29, 1.82) is 0 Å². The Labute approximate surface area is 144 Å². The normalized spacial score (nSPS) is 15.5. The Hall–Kier alpha value is -1.66. The molecule has 1 aliphatic rings. The molecule has 2 N–H and O–H groups in total. The topological polar surface area (TPSA) is 48.9 Å². The van der Waals surface area contributed by atoms with Crippen molar-refractivity contribution in [3.63, 3.8) is 0 Å². The monoisotopic (exact) mass is 334 g/mol. The number of likely N-dealkylation sites (tertiary alicyclic amines) is 1. The standard InChI is InChI=1S/C17H26N4OS/c1-4-18-17(23)20-19-13(2)14-7-8-16(22-3)15(11-14)12-21-9-5-6-10-21/h7-8,11H,4-6,9-10,12H2,1-3H3,(H2,18,20,23)/b19-13-. The van der Waals surface area contributed by atoms with Crippen LogP contribution in [-0.4, -0.2) is 42.5 Å². The molecule has 1 aromatic rings. The van der Waals surface area contributed by atoms with Crippen LogP contribution in [0.4, 0.5) is 0 Å². The fourth-order valence-corrected chi connectivity index (χ4v) is 2.90. The molecule has 6 heteroatoms. The third kappa shape index (κ3) is 5.18. The first kappa shape index (κ1) is 17.7. The van der Waals surface area contributed by atoms with Crippen LogP contribution in [0.5, 0.6) is 5.75 Å². The van der Waals surface area contributed by atoms with Gasteiger partial charge in [-0.05, 0) is 75.8 Å². The number of benzene rings is 1. The van der Waals surface area contributed by atoms with Gasteiger partial charge in [-0.3, -0.25) is 10.3 Å². The molecular weight excluding hydrogens is 308 g/mol. The van der Waals surface area contributed by atoms with Gasteiger partial charge in [0.05, 0.1) is 12.8 Å². The van der Waals surface area contributed by atoms with Crippen molar-refractivity contribution in [2.24, 2.45) is 5.10 Å². The van der Waals surface area contributed by atoms with Crippen molar-refractivity contribution >= 4 is 23.0 Å². The lowest BCUT2D eigenvalue weighted by atomic mass is 10.1. The molecule has 5 nitrogen and oxygen atoms in total. The van der Waals surface area contributed by atoms with E-state index in [4.69, 9.17) is 17.0 Å². The van der Waals surface area contributed by atoms with E-state index in [0.29, 0.717) is 5.11 Å². The fourth-order valence-electron chi connectivity index (χ4n) is 2.71. The molecule has 2 rings (SSSR count). The Morgan fingerprint density at radius 2 is 2.09 bits per heavy atom. The third-order valence-electron chi connectivity index (χ3n) is 3.95. The molecule has 1 heterocycles. The molecule has 0 radical (unpaired) electrons. The summed E-state index contributed by atoms with van der Waals surface area (Å²) >= 11 is 5.13. The first-order valence-electron chi connectivity index (χ1n) is 8.11. The smallest absolute Gasteiger partial charge is 0.186 e. The van der Waals surface area contributed by atoms with Crippen molar-refractivity contribution in [1.82, 2.24) is 15.6 Å². The molecule has 1 saturated heterocycles. The largest absolute Gasteiger partial charge is 0.496 e. The van der Waals surface area contributed by atoms with Crippen molar-refractivity contribution in [2.75, 3.05) is 26.7 Å². The lowest BCUT2D eigenvalue weighted by Gasteiger charge is -2.18. The molecule has 0 aliphatic carbocycles. The van der Waals surface area contributed by atoms with Gasteiger partial charge in [0.15, 0.2) is 5.11 Å². The molecule has 0 aromatic heterocycles. The Balaban J connectivity index is 2.12. The van der Waals surface area contributed by atoms with Gasteiger partial charge in [0.2, 0.25) is 0 Å². The molecule has 1 aliphatic heterocycles. The lowest BCUT2D eigenvalue weighted by Crippen LogP contribution is -2.32. The van der Waals surface area contributed by atoms with Gasteiger partial charge in [-0.1, -0.05) is 0 Å². The van der Waals surface area contributed by atoms with Crippen LogP contribution in [0.1, 0.15) is 37.8 Å². The molecule has 1 fully saturated rings. The zero-order valence-electron chi connectivity index (χ0n) is 14.2. The number of nitrogens with zero attached hydrogens (tertiary/aromatic N) is 2. The zero-order valence-corrected chi connectivity index (χ0v) is 15.0. The van der Waals surface area contributed by atoms with Crippen molar-refractivity contribution < 1.29 is 4.74 Å². The highest BCUT2D eigenvalue weighted by atomic mass is 32.1. The van der Waals surface area contributed by atoms with Crippen LogP contribution in [0.3, 0.4) is 0 Å². The van der Waals surface area contributed by atoms with Gasteiger partial charge in [0, 0.05) is 18.7 Å². The van der Waals surface area contributed by atoms with Gasteiger partial charge < -0.3 is 10.1 Å². The first-order valence-corrected chi connectivity index (χ1v) is 8.52. The zero-order chi connectivity index (χ0) is 16.7. The second-order valence-corrected chi connectivity index (χ2v) is 6.09. The van der Waals surface area contributed by atoms with Crippen LogP contribution < -0.4 is 15.5 Å². The van der Waals surface area contributed by atoms with E-state index >= 15 is 0 Å². The van der Waals surface area contributed by atoms with E-state index in [1.54, 1.807) is 7.11 Å². The highest BCUT2D eigenvalue weighted by Crippen LogP contribution is 2.23. The summed E-state index contributed by atoms with van der Waals surface area (Å²) in [6.45, 7) is 8.01. The van der Waals surface area contributed by atoms with E-state index in [-0.39, 0.29) is 0 Å². The van der Waals surface area contributed by atoms with Gasteiger partial charge in [-0.25, -0.2) is 0 Å². The first-order chi connectivity index (χ1) is 11.1. The SMILES string of the molecule is CCNC(=S)N/N=C(/C)c1ccc(OC)c(CN2CCCC2)c1. The lowest BCUT2D eigenvalue weighted by molar-refractivity contribution is 0.321. The second kappa shape index (κ2) is 8.84. The number of nitrogens with one attached hydrogen (secondary N) is 2. The average molecular weight is 334 g/mol. The molecule has 0 spiro atoms. The molecular formula is C17H26N4OS. The number of methoxy groups -OCH3 is 1. The average Bonchev–Trinajstić information content (AvgIpc) is 3.06. The number of hydrogen-bond donors (Lipinski definition) is 2. The summed E-state index contributed by atoms with van der Waals surface area (Å²) in [6.07, 6.45) is 2.57. The molecule has 0 amide bonds. The quantitative estimate of drug-likeness (QED) is 0.475. The predicted octanol–water partition coefficient (Wildman–Crippen LogP) is 2.50. The summed E-state index contributed by atoms with van der Waals surface area (Å²) in [5, 5.41) is 7.91. The third-order valence-corrected chi connectivity index (χ3v) is 4.19. The van der Waals surface area contributed by atoms with E-state index in [2.05, 4.69) is 26.8 Å². The maximum absolute atomic E-state index is 5.51. The molecule has 0 atom stereocenters. The summed E-state index contributed by atoms with van der Waals surface area (Å²) in [4.78, 5) is 2.46. The van der Waals surface area contributed by atoms with E-state index in [0.717, 1.165) is 30.1 Å². The Morgan fingerprint density at radius 3 is 2.74 bits per heavy atom. The predicted molar refractivity (Wildman–Crippen MR) is 99.1 cm³/mol. The van der Waals surface area contributed by atoms with Crippen molar-refractivity contribution in [3.8, 4) is 5.75 Å². The molecule has 1 aromatic carbocycles. The fraction of sp³-hybridized carbons (Fsp3) is 0.529. The van der Waals surface area contributed by atoms with E-state index < -0.39 is 0 Å². The van der Waals surface area contributed by atoms with Gasteiger partial charge in [-0.15, -0.1) is 0 Å². The van der Waals surface area contributed by atoms with Gasteiger partial charge >= 0.3 is 0 Å². The summed E-state index contributed by atoms with van der Waals surface area (Å²) in [5.41, 5.74) is 6.05. The summed E-state index contributed by atoms with van der Waals surface area (Å²) in [5.74, 6) is 0.935. The summed E-state index contributed by atoms with van der Waals surface area (Å²) < 4.78 is 5.51. The van der Waals surface area contributed by atoms with E-state index in [1.165, 1.54) is 31.5 Å². The summed E-state index contributed by atoms with van der Waals surface area (Å²) in [6, 6.07) is 6.21. The molecule has 0 bridgehead atoms. The minimum Gasteiger partial charge on any atom is -0.496 e. The van der Waals surface area contributed by atoms with Crippen molar-refractivity contribution in [2.45, 2.75) is 33.2 Å². The van der Waals surface area contributed by atoms with Crippen LogP contribution in [-0.2, 0) is 6.54 Å². The van der Waals surface area contributed by atoms with Gasteiger partial charge in [0.1, 0.15) is 5.75 Å². The van der Waals surface area contributed by atoms with Crippen LogP contribution in [0.2, 0.25) is 0 Å². The Morgan fingerprint density at radius 1 is 1.35 bits per heavy atom. The second-order valence-electron chi connectivity index (χ2n) is 5.68. The molecule has 0 saturated carbocycles. The number of hydrazone groups is 1. The molecule has 126 valence electrons. The maximum Gasteiger partial charge on any atom is 0.186 e. The molecule has 23 heavy (non-hydrogen) atoms. The van der Waals surface area contributed by atoms with Crippen molar-refractivity contribution in [3.05, 3.63) is 29.3 Å². The van der Waals surface area contributed by atoms with Gasteiger partial charge in [0.25, 0.3) is 0 Å². The maximum atomic E-state index is 5.51. The number of rotatable bonds is 6. The Bertz CT molecular complexity index is 568. The highest BCUT2D eigenvalue weighted by molar-refractivity contribution is 7.80. The highest BCUT2D eigenvalue weighted by Gasteiger charge is 2.15. The van der Waals surface area contributed by atoms with Crippen LogP contribution in [0, 0.1) is 0 Å². The van der Waals surface area contributed by atoms with E-state index in [1.807, 2.05) is 26.0 Å². The molecule has 0 unspecified atom stereocenters. The number of hydrogen-bond acceptors (Lipinski definition) is 4. The number of ether oxygens (including phenoxy) is 1. The summed E-state index contributed by atoms with van der Waals surface area (Å²) in [7, 11) is 1.72. The van der Waals surface area contributed by atoms with Crippen LogP contribution in [0.25, 0.3) is 0 Å².